The number of hydrogen-bond acceptors (Lipinski definition) is 6. The molecular formula is C19H19N3O5S. The van der Waals surface area contributed by atoms with Crippen molar-refractivity contribution in [2.75, 3.05) is 18.9 Å². The van der Waals surface area contributed by atoms with E-state index >= 15 is 0 Å². The first-order valence-electron chi connectivity index (χ1n) is 8.23. The van der Waals surface area contributed by atoms with Crippen LogP contribution in [0.2, 0.25) is 0 Å². The molecule has 9 heteroatoms. The van der Waals surface area contributed by atoms with Gasteiger partial charge in [-0.15, -0.1) is 0 Å². The van der Waals surface area contributed by atoms with Gasteiger partial charge in [0.25, 0.3) is 15.6 Å². The first-order chi connectivity index (χ1) is 13.3. The zero-order chi connectivity index (χ0) is 20.3. The van der Waals surface area contributed by atoms with Gasteiger partial charge in [0.15, 0.2) is 11.5 Å². The van der Waals surface area contributed by atoms with Crippen LogP contribution in [0.3, 0.4) is 0 Å². The van der Waals surface area contributed by atoms with Crippen molar-refractivity contribution in [3.05, 3.63) is 65.0 Å². The third-order valence-corrected chi connectivity index (χ3v) is 5.44. The van der Waals surface area contributed by atoms with Gasteiger partial charge in [-0.1, -0.05) is 12.1 Å². The second-order valence-electron chi connectivity index (χ2n) is 5.88. The van der Waals surface area contributed by atoms with Crippen molar-refractivity contribution in [2.45, 2.75) is 4.90 Å². The molecule has 1 N–H and O–H groups in total. The maximum atomic E-state index is 12.6. The molecule has 8 nitrogen and oxygen atoms in total. The van der Waals surface area contributed by atoms with Crippen LogP contribution in [0, 0.1) is 0 Å². The predicted octanol–water partition coefficient (Wildman–Crippen LogP) is 2.27. The Hall–Kier alpha value is -3.33. The molecule has 0 aliphatic rings. The maximum absolute atomic E-state index is 12.6. The van der Waals surface area contributed by atoms with E-state index in [-0.39, 0.29) is 10.5 Å². The van der Waals surface area contributed by atoms with Crippen molar-refractivity contribution in [1.82, 2.24) is 9.78 Å². The van der Waals surface area contributed by atoms with Gasteiger partial charge in [-0.05, 0) is 30.3 Å². The number of anilines is 1. The number of aromatic nitrogens is 2. The lowest BCUT2D eigenvalue weighted by atomic mass is 10.1. The number of benzene rings is 2. The van der Waals surface area contributed by atoms with Gasteiger partial charge in [0.05, 0.1) is 24.8 Å². The Kier molecular flexibility index (Phi) is 5.36. The van der Waals surface area contributed by atoms with E-state index in [1.807, 2.05) is 0 Å². The molecule has 146 valence electrons. The number of hydrogen-bond donors (Lipinski definition) is 1. The largest absolute Gasteiger partial charge is 0.493 e. The minimum Gasteiger partial charge on any atom is -0.493 e. The average Bonchev–Trinajstić information content (AvgIpc) is 2.69. The van der Waals surface area contributed by atoms with Gasteiger partial charge < -0.3 is 9.47 Å². The molecule has 3 aromatic rings. The highest BCUT2D eigenvalue weighted by molar-refractivity contribution is 7.92. The lowest BCUT2D eigenvalue weighted by Gasteiger charge is -2.12. The zero-order valence-corrected chi connectivity index (χ0v) is 16.4. The minimum atomic E-state index is -3.81. The van der Waals surface area contributed by atoms with Crippen molar-refractivity contribution >= 4 is 15.7 Å². The number of aryl methyl sites for hydroxylation is 1. The van der Waals surface area contributed by atoms with Crippen molar-refractivity contribution in [1.29, 1.82) is 0 Å². The fourth-order valence-electron chi connectivity index (χ4n) is 2.56. The summed E-state index contributed by atoms with van der Waals surface area (Å²) < 4.78 is 39.3. The highest BCUT2D eigenvalue weighted by Crippen LogP contribution is 2.30. The van der Waals surface area contributed by atoms with Gasteiger partial charge in [-0.3, -0.25) is 9.52 Å². The average molecular weight is 401 g/mol. The second kappa shape index (κ2) is 7.73. The molecule has 0 radical (unpaired) electrons. The molecule has 0 fully saturated rings. The topological polar surface area (TPSA) is 99.5 Å². The Bertz CT molecular complexity index is 1150. The Labute approximate surface area is 162 Å². The standard InChI is InChI=1S/C19H19N3O5S/c1-22-19(23)11-9-16(20-22)13-4-6-14(7-5-13)21-28(24,25)15-8-10-17(26-2)18(12-15)27-3/h4-12,21H,1-3H3. The molecule has 0 aliphatic carbocycles. The third kappa shape index (κ3) is 3.99. The summed E-state index contributed by atoms with van der Waals surface area (Å²) in [5.41, 5.74) is 1.55. The predicted molar refractivity (Wildman–Crippen MR) is 105 cm³/mol. The van der Waals surface area contributed by atoms with Crippen molar-refractivity contribution in [2.24, 2.45) is 7.05 Å². The van der Waals surface area contributed by atoms with Crippen LogP contribution in [0.4, 0.5) is 5.69 Å². The van der Waals surface area contributed by atoms with Crippen LogP contribution in [0.1, 0.15) is 0 Å². The van der Waals surface area contributed by atoms with Gasteiger partial charge in [-0.25, -0.2) is 13.1 Å². The molecule has 28 heavy (non-hydrogen) atoms. The molecule has 0 amide bonds. The van der Waals surface area contributed by atoms with E-state index in [1.54, 1.807) is 37.4 Å². The molecule has 0 saturated carbocycles. The van der Waals surface area contributed by atoms with Gasteiger partial charge >= 0.3 is 0 Å². The molecule has 0 spiro atoms. The lowest BCUT2D eigenvalue weighted by molar-refractivity contribution is 0.354. The Morgan fingerprint density at radius 3 is 2.21 bits per heavy atom. The van der Waals surface area contributed by atoms with E-state index in [0.29, 0.717) is 22.9 Å². The fourth-order valence-corrected chi connectivity index (χ4v) is 3.64. The van der Waals surface area contributed by atoms with Crippen LogP contribution < -0.4 is 19.8 Å². The fraction of sp³-hybridized carbons (Fsp3) is 0.158. The van der Waals surface area contributed by atoms with Crippen LogP contribution >= 0.6 is 0 Å². The normalized spacial score (nSPS) is 11.1. The Morgan fingerprint density at radius 2 is 1.61 bits per heavy atom. The number of ether oxygens (including phenoxy) is 2. The van der Waals surface area contributed by atoms with Gasteiger partial charge in [-0.2, -0.15) is 5.10 Å². The quantitative estimate of drug-likeness (QED) is 0.680. The minimum absolute atomic E-state index is 0.0500. The maximum Gasteiger partial charge on any atom is 0.266 e. The van der Waals surface area contributed by atoms with Crippen LogP contribution in [0.15, 0.2) is 64.3 Å². The first-order valence-corrected chi connectivity index (χ1v) is 9.72. The SMILES string of the molecule is COc1ccc(S(=O)(=O)Nc2ccc(-c3ccc(=O)n(C)n3)cc2)cc1OC. The Balaban J connectivity index is 1.85. The summed E-state index contributed by atoms with van der Waals surface area (Å²) in [6.07, 6.45) is 0. The monoisotopic (exact) mass is 401 g/mol. The molecule has 2 aromatic carbocycles. The molecule has 0 unspecified atom stereocenters. The molecule has 0 atom stereocenters. The van der Waals surface area contributed by atoms with Crippen LogP contribution in [-0.2, 0) is 17.1 Å². The summed E-state index contributed by atoms with van der Waals surface area (Å²) in [7, 11) is 0.675. The summed E-state index contributed by atoms with van der Waals surface area (Å²) >= 11 is 0. The lowest BCUT2D eigenvalue weighted by Crippen LogP contribution is -2.18. The molecular weight excluding hydrogens is 382 g/mol. The summed E-state index contributed by atoms with van der Waals surface area (Å²) in [5, 5.41) is 4.17. The molecule has 1 aromatic heterocycles. The highest BCUT2D eigenvalue weighted by Gasteiger charge is 2.17. The molecule has 1 heterocycles. The second-order valence-corrected chi connectivity index (χ2v) is 7.56. The zero-order valence-electron chi connectivity index (χ0n) is 15.5. The van der Waals surface area contributed by atoms with E-state index < -0.39 is 10.0 Å². The van der Waals surface area contributed by atoms with Crippen LogP contribution in [-0.4, -0.2) is 32.4 Å². The van der Waals surface area contributed by atoms with E-state index in [1.165, 1.54) is 43.2 Å². The van der Waals surface area contributed by atoms with E-state index in [9.17, 15) is 13.2 Å². The summed E-state index contributed by atoms with van der Waals surface area (Å²) in [6.45, 7) is 0. The number of nitrogens with one attached hydrogen (secondary N) is 1. The summed E-state index contributed by atoms with van der Waals surface area (Å²) in [6, 6.07) is 14.1. The van der Waals surface area contributed by atoms with E-state index in [0.717, 1.165) is 5.56 Å². The molecule has 0 bridgehead atoms. The highest BCUT2D eigenvalue weighted by atomic mass is 32.2. The van der Waals surface area contributed by atoms with Crippen molar-refractivity contribution in [3.63, 3.8) is 0 Å². The smallest absolute Gasteiger partial charge is 0.266 e. The van der Waals surface area contributed by atoms with Gasteiger partial charge in [0.1, 0.15) is 0 Å². The summed E-state index contributed by atoms with van der Waals surface area (Å²) in [4.78, 5) is 11.5. The first kappa shape index (κ1) is 19.4. The van der Waals surface area contributed by atoms with E-state index in [4.69, 9.17) is 9.47 Å². The number of methoxy groups -OCH3 is 2. The number of nitrogens with zero attached hydrogens (tertiary/aromatic N) is 2. The van der Waals surface area contributed by atoms with E-state index in [2.05, 4.69) is 9.82 Å². The van der Waals surface area contributed by atoms with Crippen LogP contribution in [0.25, 0.3) is 11.3 Å². The van der Waals surface area contributed by atoms with Crippen LogP contribution in [0.5, 0.6) is 11.5 Å². The summed E-state index contributed by atoms with van der Waals surface area (Å²) in [5.74, 6) is 0.761. The Morgan fingerprint density at radius 1 is 0.929 bits per heavy atom. The molecule has 0 saturated heterocycles. The van der Waals surface area contributed by atoms with Gasteiger partial charge in [0.2, 0.25) is 0 Å². The van der Waals surface area contributed by atoms with Crippen molar-refractivity contribution < 1.29 is 17.9 Å². The van der Waals surface area contributed by atoms with Crippen molar-refractivity contribution in [3.8, 4) is 22.8 Å². The molecule has 0 aliphatic heterocycles. The number of rotatable bonds is 6. The molecule has 3 rings (SSSR count). The third-order valence-electron chi connectivity index (χ3n) is 4.06. The number of sulfonamides is 1. The van der Waals surface area contributed by atoms with Gasteiger partial charge in [0, 0.05) is 30.4 Å².